The van der Waals surface area contributed by atoms with Gasteiger partial charge < -0.3 is 9.94 Å². The summed E-state index contributed by atoms with van der Waals surface area (Å²) in [7, 11) is 0. The first kappa shape index (κ1) is 14.5. The molecule has 0 bridgehead atoms. The first-order valence-electron chi connectivity index (χ1n) is 5.59. The third-order valence-electron chi connectivity index (χ3n) is 2.56. The monoisotopic (exact) mass is 256 g/mol. The SMILES string of the molecule is NOCC(O)CCC(=O)CCN1C(=O)C=CC1=O. The fraction of sp³-hybridized carbons (Fsp3) is 0.545. The number of rotatable bonds is 8. The Morgan fingerprint density at radius 3 is 2.50 bits per heavy atom. The van der Waals surface area contributed by atoms with Crippen molar-refractivity contribution in [1.29, 1.82) is 0 Å². The van der Waals surface area contributed by atoms with Gasteiger partial charge in [-0.2, -0.15) is 0 Å². The lowest BCUT2D eigenvalue weighted by atomic mass is 10.1. The van der Waals surface area contributed by atoms with E-state index in [0.717, 1.165) is 4.90 Å². The van der Waals surface area contributed by atoms with Gasteiger partial charge in [-0.1, -0.05) is 0 Å². The summed E-state index contributed by atoms with van der Waals surface area (Å²) in [5, 5.41) is 9.28. The van der Waals surface area contributed by atoms with Crippen LogP contribution in [0.4, 0.5) is 0 Å². The number of carbonyl (C=O) groups is 3. The van der Waals surface area contributed by atoms with E-state index in [2.05, 4.69) is 4.84 Å². The predicted molar refractivity (Wildman–Crippen MR) is 60.9 cm³/mol. The molecule has 1 heterocycles. The number of ketones is 1. The number of Topliss-reactive ketones (excluding diaryl/α,β-unsaturated/α-hetero) is 1. The molecule has 0 aromatic heterocycles. The summed E-state index contributed by atoms with van der Waals surface area (Å²) in [6, 6.07) is 0. The van der Waals surface area contributed by atoms with Crippen molar-refractivity contribution >= 4 is 17.6 Å². The molecule has 0 spiro atoms. The molecule has 0 fully saturated rings. The second-order valence-electron chi connectivity index (χ2n) is 3.98. The molecule has 0 saturated heterocycles. The maximum absolute atomic E-state index is 11.5. The number of hydrogen-bond donors (Lipinski definition) is 2. The molecular formula is C11H16N2O5. The third-order valence-corrected chi connectivity index (χ3v) is 2.56. The minimum absolute atomic E-state index is 0.0275. The van der Waals surface area contributed by atoms with Gasteiger partial charge in [0.2, 0.25) is 0 Å². The highest BCUT2D eigenvalue weighted by molar-refractivity contribution is 6.13. The molecule has 2 amide bonds. The van der Waals surface area contributed by atoms with E-state index in [1.165, 1.54) is 12.2 Å². The van der Waals surface area contributed by atoms with E-state index in [4.69, 9.17) is 5.90 Å². The lowest BCUT2D eigenvalue weighted by Gasteiger charge is -2.13. The Labute approximate surface area is 104 Å². The summed E-state index contributed by atoms with van der Waals surface area (Å²) in [6.07, 6.45) is 2.07. The Balaban J connectivity index is 2.21. The van der Waals surface area contributed by atoms with Gasteiger partial charge in [0.05, 0.1) is 12.7 Å². The molecule has 18 heavy (non-hydrogen) atoms. The maximum atomic E-state index is 11.5. The normalized spacial score (nSPS) is 16.4. The number of nitrogens with zero attached hydrogens (tertiary/aromatic N) is 1. The van der Waals surface area contributed by atoms with Crippen LogP contribution in [0.5, 0.6) is 0 Å². The Hall–Kier alpha value is -1.57. The van der Waals surface area contributed by atoms with E-state index in [9.17, 15) is 19.5 Å². The smallest absolute Gasteiger partial charge is 0.253 e. The fourth-order valence-corrected chi connectivity index (χ4v) is 1.54. The molecule has 0 saturated carbocycles. The third kappa shape index (κ3) is 4.36. The van der Waals surface area contributed by atoms with Crippen LogP contribution >= 0.6 is 0 Å². The maximum Gasteiger partial charge on any atom is 0.253 e. The standard InChI is InChI=1S/C11H16N2O5/c12-18-7-9(15)2-1-8(14)5-6-13-10(16)3-4-11(13)17/h3-4,9,15H,1-2,5-7,12H2. The van der Waals surface area contributed by atoms with Crippen LogP contribution in [0.1, 0.15) is 19.3 Å². The molecule has 1 aliphatic rings. The van der Waals surface area contributed by atoms with Gasteiger partial charge in [0, 0.05) is 31.5 Å². The van der Waals surface area contributed by atoms with Crippen molar-refractivity contribution in [3.05, 3.63) is 12.2 Å². The summed E-state index contributed by atoms with van der Waals surface area (Å²) in [5.74, 6) is 3.85. The molecule has 0 aromatic carbocycles. The van der Waals surface area contributed by atoms with E-state index >= 15 is 0 Å². The number of carbonyl (C=O) groups excluding carboxylic acids is 3. The van der Waals surface area contributed by atoms with Crippen LogP contribution in [0.25, 0.3) is 0 Å². The van der Waals surface area contributed by atoms with Crippen LogP contribution in [-0.2, 0) is 19.2 Å². The average molecular weight is 256 g/mol. The number of aliphatic hydroxyl groups excluding tert-OH is 1. The van der Waals surface area contributed by atoms with Crippen LogP contribution in [0.15, 0.2) is 12.2 Å². The fourth-order valence-electron chi connectivity index (χ4n) is 1.54. The van der Waals surface area contributed by atoms with Crippen LogP contribution in [0.3, 0.4) is 0 Å². The van der Waals surface area contributed by atoms with Crippen LogP contribution < -0.4 is 5.90 Å². The molecular weight excluding hydrogens is 240 g/mol. The van der Waals surface area contributed by atoms with Gasteiger partial charge in [0.25, 0.3) is 11.8 Å². The van der Waals surface area contributed by atoms with Crippen molar-refractivity contribution < 1.29 is 24.3 Å². The van der Waals surface area contributed by atoms with Crippen molar-refractivity contribution in [3.63, 3.8) is 0 Å². The largest absolute Gasteiger partial charge is 0.391 e. The van der Waals surface area contributed by atoms with Crippen molar-refractivity contribution in [2.45, 2.75) is 25.4 Å². The molecule has 1 rings (SSSR count). The molecule has 0 aliphatic carbocycles. The molecule has 0 aromatic rings. The van der Waals surface area contributed by atoms with E-state index in [-0.39, 0.29) is 38.2 Å². The average Bonchev–Trinajstić information content (AvgIpc) is 2.64. The van der Waals surface area contributed by atoms with Gasteiger partial charge in [0.1, 0.15) is 5.78 Å². The molecule has 1 unspecified atom stereocenters. The van der Waals surface area contributed by atoms with Crippen molar-refractivity contribution in [2.75, 3.05) is 13.2 Å². The van der Waals surface area contributed by atoms with Gasteiger partial charge in [-0.05, 0) is 6.42 Å². The summed E-state index contributed by atoms with van der Waals surface area (Å²) < 4.78 is 0. The molecule has 7 heteroatoms. The minimum atomic E-state index is -0.782. The minimum Gasteiger partial charge on any atom is -0.391 e. The van der Waals surface area contributed by atoms with E-state index in [1.54, 1.807) is 0 Å². The second kappa shape index (κ2) is 7.00. The molecule has 1 aliphatic heterocycles. The van der Waals surface area contributed by atoms with E-state index in [1.807, 2.05) is 0 Å². The highest BCUT2D eigenvalue weighted by atomic mass is 16.6. The number of imide groups is 1. The predicted octanol–water partition coefficient (Wildman–Crippen LogP) is -1.10. The van der Waals surface area contributed by atoms with E-state index in [0.29, 0.717) is 0 Å². The molecule has 0 radical (unpaired) electrons. The van der Waals surface area contributed by atoms with Crippen LogP contribution in [-0.4, -0.2) is 46.9 Å². The van der Waals surface area contributed by atoms with Crippen molar-refractivity contribution in [3.8, 4) is 0 Å². The van der Waals surface area contributed by atoms with Crippen LogP contribution in [0, 0.1) is 0 Å². The van der Waals surface area contributed by atoms with Gasteiger partial charge in [0.15, 0.2) is 0 Å². The quantitative estimate of drug-likeness (QED) is 0.421. The van der Waals surface area contributed by atoms with Crippen molar-refractivity contribution in [2.24, 2.45) is 5.90 Å². The van der Waals surface area contributed by atoms with Gasteiger partial charge in [-0.25, -0.2) is 5.90 Å². The van der Waals surface area contributed by atoms with E-state index < -0.39 is 17.9 Å². The number of nitrogens with two attached hydrogens (primary N) is 1. The van der Waals surface area contributed by atoms with Gasteiger partial charge >= 0.3 is 0 Å². The van der Waals surface area contributed by atoms with Crippen LogP contribution in [0.2, 0.25) is 0 Å². The molecule has 3 N–H and O–H groups in total. The molecule has 100 valence electrons. The summed E-state index contributed by atoms with van der Waals surface area (Å²) in [6.45, 7) is 0.0489. The zero-order chi connectivity index (χ0) is 13.5. The lowest BCUT2D eigenvalue weighted by molar-refractivity contribution is -0.137. The first-order chi connectivity index (χ1) is 8.54. The first-order valence-corrected chi connectivity index (χ1v) is 5.59. The zero-order valence-electron chi connectivity index (χ0n) is 9.87. The molecule has 7 nitrogen and oxygen atoms in total. The highest BCUT2D eigenvalue weighted by Crippen LogP contribution is 2.06. The summed E-state index contributed by atoms with van der Waals surface area (Å²) >= 11 is 0. The topological polar surface area (TPSA) is 110 Å². The Kier molecular flexibility index (Phi) is 5.63. The number of aliphatic hydroxyl groups is 1. The van der Waals surface area contributed by atoms with Gasteiger partial charge in [-0.3, -0.25) is 19.3 Å². The Morgan fingerprint density at radius 1 is 1.33 bits per heavy atom. The highest BCUT2D eigenvalue weighted by Gasteiger charge is 2.23. The lowest BCUT2D eigenvalue weighted by Crippen LogP contribution is -2.32. The number of hydrogen-bond acceptors (Lipinski definition) is 6. The van der Waals surface area contributed by atoms with Crippen molar-refractivity contribution in [1.82, 2.24) is 4.90 Å². The summed E-state index contributed by atoms with van der Waals surface area (Å²) in [4.78, 5) is 39.1. The number of amides is 2. The van der Waals surface area contributed by atoms with Gasteiger partial charge in [-0.15, -0.1) is 0 Å². The Bertz CT molecular complexity index is 348. The Morgan fingerprint density at radius 2 is 1.94 bits per heavy atom. The molecule has 1 atom stereocenters. The second-order valence-corrected chi connectivity index (χ2v) is 3.98. The zero-order valence-corrected chi connectivity index (χ0v) is 9.87. The summed E-state index contributed by atoms with van der Waals surface area (Å²) in [5.41, 5.74) is 0.